The van der Waals surface area contributed by atoms with Crippen molar-refractivity contribution in [3.8, 4) is 0 Å². The molecule has 0 saturated carbocycles. The molecule has 0 heterocycles. The predicted molar refractivity (Wildman–Crippen MR) is 95.5 cm³/mol. The molecule has 1 amide bonds. The number of amides is 1. The first kappa shape index (κ1) is 19.6. The van der Waals surface area contributed by atoms with E-state index in [2.05, 4.69) is 26.0 Å². The summed E-state index contributed by atoms with van der Waals surface area (Å²) in [6.07, 6.45) is 0. The zero-order valence-electron chi connectivity index (χ0n) is 14.0. The van der Waals surface area contributed by atoms with Crippen molar-refractivity contribution in [1.29, 1.82) is 0 Å². The predicted octanol–water partition coefficient (Wildman–Crippen LogP) is 3.48. The fraction of sp³-hybridized carbons (Fsp3) is 0.167. The number of nitrogens with one attached hydrogen (secondary N) is 1. The Hall–Kier alpha value is -2.74. The van der Waals surface area contributed by atoms with Gasteiger partial charge in [0.25, 0.3) is 5.91 Å². The van der Waals surface area contributed by atoms with E-state index >= 15 is 0 Å². The number of anilines is 1. The van der Waals surface area contributed by atoms with E-state index in [4.69, 9.17) is 4.74 Å². The van der Waals surface area contributed by atoms with Gasteiger partial charge in [-0.25, -0.2) is 14.0 Å². The van der Waals surface area contributed by atoms with Gasteiger partial charge in [-0.15, -0.1) is 0 Å². The smallest absolute Gasteiger partial charge is 0.339 e. The highest BCUT2D eigenvalue weighted by atomic mass is 79.9. The van der Waals surface area contributed by atoms with Gasteiger partial charge in [0, 0.05) is 10.2 Å². The Labute approximate surface area is 157 Å². The van der Waals surface area contributed by atoms with Crippen LogP contribution < -0.4 is 5.32 Å². The van der Waals surface area contributed by atoms with E-state index in [9.17, 15) is 18.8 Å². The number of aryl methyl sites for hydroxylation is 1. The third-order valence-electron chi connectivity index (χ3n) is 3.42. The topological polar surface area (TPSA) is 81.7 Å². The van der Waals surface area contributed by atoms with Crippen molar-refractivity contribution in [2.75, 3.05) is 19.0 Å². The van der Waals surface area contributed by atoms with Crippen LogP contribution in [0.5, 0.6) is 0 Å². The number of benzene rings is 2. The summed E-state index contributed by atoms with van der Waals surface area (Å²) in [7, 11) is 1.26. The highest BCUT2D eigenvalue weighted by molar-refractivity contribution is 9.10. The van der Waals surface area contributed by atoms with Crippen LogP contribution in [0.2, 0.25) is 0 Å². The molecule has 26 heavy (non-hydrogen) atoms. The van der Waals surface area contributed by atoms with Gasteiger partial charge in [-0.3, -0.25) is 4.79 Å². The van der Waals surface area contributed by atoms with Gasteiger partial charge in [-0.2, -0.15) is 0 Å². The van der Waals surface area contributed by atoms with E-state index in [0.717, 1.165) is 17.7 Å². The second kappa shape index (κ2) is 8.57. The molecule has 2 aromatic carbocycles. The minimum atomic E-state index is -0.771. The molecule has 0 aliphatic rings. The molecular weight excluding hydrogens is 409 g/mol. The van der Waals surface area contributed by atoms with E-state index in [1.54, 1.807) is 19.1 Å². The zero-order chi connectivity index (χ0) is 19.3. The second-order valence-electron chi connectivity index (χ2n) is 5.27. The normalized spacial score (nSPS) is 10.2. The lowest BCUT2D eigenvalue weighted by molar-refractivity contribution is -0.119. The molecule has 0 radical (unpaired) electrons. The molecule has 0 unspecified atom stereocenters. The van der Waals surface area contributed by atoms with E-state index in [1.165, 1.54) is 19.2 Å². The molecule has 0 aliphatic heterocycles. The number of hydrogen-bond acceptors (Lipinski definition) is 5. The summed E-state index contributed by atoms with van der Waals surface area (Å²) in [5, 5.41) is 2.56. The zero-order valence-corrected chi connectivity index (χ0v) is 15.6. The van der Waals surface area contributed by atoms with Crippen molar-refractivity contribution in [3.63, 3.8) is 0 Å². The molecule has 0 spiro atoms. The molecule has 0 aromatic heterocycles. The Bertz CT molecular complexity index is 869. The molecule has 8 heteroatoms. The van der Waals surface area contributed by atoms with Crippen LogP contribution in [0.3, 0.4) is 0 Å². The minimum Gasteiger partial charge on any atom is -0.465 e. The number of ether oxygens (including phenoxy) is 2. The van der Waals surface area contributed by atoms with Gasteiger partial charge < -0.3 is 14.8 Å². The molecule has 6 nitrogen and oxygen atoms in total. The van der Waals surface area contributed by atoms with Gasteiger partial charge in [-0.1, -0.05) is 6.07 Å². The van der Waals surface area contributed by atoms with E-state index in [-0.39, 0.29) is 15.6 Å². The number of esters is 2. The lowest BCUT2D eigenvalue weighted by Crippen LogP contribution is -2.21. The van der Waals surface area contributed by atoms with E-state index < -0.39 is 30.3 Å². The van der Waals surface area contributed by atoms with Crippen LogP contribution in [0.1, 0.15) is 26.3 Å². The van der Waals surface area contributed by atoms with Gasteiger partial charge in [0.1, 0.15) is 5.82 Å². The second-order valence-corrected chi connectivity index (χ2v) is 6.12. The van der Waals surface area contributed by atoms with Gasteiger partial charge >= 0.3 is 11.9 Å². The lowest BCUT2D eigenvalue weighted by Gasteiger charge is -2.11. The first-order valence-corrected chi connectivity index (χ1v) is 8.22. The van der Waals surface area contributed by atoms with Crippen LogP contribution in [0.25, 0.3) is 0 Å². The van der Waals surface area contributed by atoms with Crippen molar-refractivity contribution in [2.24, 2.45) is 0 Å². The maximum absolute atomic E-state index is 13.0. The number of hydrogen-bond donors (Lipinski definition) is 1. The van der Waals surface area contributed by atoms with E-state index in [0.29, 0.717) is 5.69 Å². The summed E-state index contributed by atoms with van der Waals surface area (Å²) < 4.78 is 22.8. The van der Waals surface area contributed by atoms with Crippen molar-refractivity contribution < 1.29 is 28.2 Å². The van der Waals surface area contributed by atoms with Crippen molar-refractivity contribution in [2.45, 2.75) is 6.92 Å². The highest BCUT2D eigenvalue weighted by Gasteiger charge is 2.15. The summed E-state index contributed by atoms with van der Waals surface area (Å²) in [6.45, 7) is 1.21. The molecule has 0 saturated heterocycles. The van der Waals surface area contributed by atoms with Crippen molar-refractivity contribution in [1.82, 2.24) is 0 Å². The van der Waals surface area contributed by atoms with E-state index in [1.807, 2.05) is 0 Å². The van der Waals surface area contributed by atoms with Crippen LogP contribution >= 0.6 is 15.9 Å². The summed E-state index contributed by atoms with van der Waals surface area (Å²) in [4.78, 5) is 35.5. The monoisotopic (exact) mass is 423 g/mol. The van der Waals surface area contributed by atoms with Crippen LogP contribution in [-0.2, 0) is 14.3 Å². The Morgan fingerprint density at radius 2 is 1.85 bits per heavy atom. The molecule has 0 aliphatic carbocycles. The molecule has 136 valence electrons. The molecule has 2 aromatic rings. The van der Waals surface area contributed by atoms with Gasteiger partial charge in [0.2, 0.25) is 0 Å². The Balaban J connectivity index is 2.00. The maximum Gasteiger partial charge on any atom is 0.339 e. The van der Waals surface area contributed by atoms with Gasteiger partial charge in [0.05, 0.1) is 18.2 Å². The number of carbonyl (C=O) groups excluding carboxylic acids is 3. The Morgan fingerprint density at radius 3 is 2.50 bits per heavy atom. The van der Waals surface area contributed by atoms with Crippen LogP contribution in [0.15, 0.2) is 40.9 Å². The Morgan fingerprint density at radius 1 is 1.12 bits per heavy atom. The first-order valence-electron chi connectivity index (χ1n) is 7.43. The number of halogens is 2. The molecule has 2 rings (SSSR count). The number of carbonyl (C=O) groups is 3. The quantitative estimate of drug-likeness (QED) is 0.744. The SMILES string of the molecule is COC(=O)c1ccc(C)c(NC(=O)COC(=O)c2ccc(F)cc2Br)c1. The summed E-state index contributed by atoms with van der Waals surface area (Å²) in [5.74, 6) is -2.39. The third-order valence-corrected chi connectivity index (χ3v) is 4.07. The maximum atomic E-state index is 13.0. The standard InChI is InChI=1S/C18H15BrFNO5/c1-10-3-4-11(17(23)25-2)7-15(10)21-16(22)9-26-18(24)13-6-5-12(20)8-14(13)19/h3-8H,9H2,1-2H3,(H,21,22). The molecule has 0 atom stereocenters. The highest BCUT2D eigenvalue weighted by Crippen LogP contribution is 2.20. The fourth-order valence-electron chi connectivity index (χ4n) is 2.05. The van der Waals surface area contributed by atoms with Crippen LogP contribution in [0.4, 0.5) is 10.1 Å². The molecule has 1 N–H and O–H groups in total. The minimum absolute atomic E-state index is 0.100. The third kappa shape index (κ3) is 4.89. The lowest BCUT2D eigenvalue weighted by atomic mass is 10.1. The average Bonchev–Trinajstić information content (AvgIpc) is 2.61. The number of rotatable bonds is 5. The summed E-state index contributed by atoms with van der Waals surface area (Å²) in [6, 6.07) is 8.19. The summed E-state index contributed by atoms with van der Waals surface area (Å²) in [5.41, 5.74) is 1.50. The van der Waals surface area contributed by atoms with Gasteiger partial charge in [0.15, 0.2) is 6.61 Å². The first-order chi connectivity index (χ1) is 12.3. The average molecular weight is 424 g/mol. The largest absolute Gasteiger partial charge is 0.465 e. The van der Waals surface area contributed by atoms with Gasteiger partial charge in [-0.05, 0) is 58.7 Å². The number of methoxy groups -OCH3 is 1. The Kier molecular flexibility index (Phi) is 6.46. The van der Waals surface area contributed by atoms with Crippen molar-refractivity contribution in [3.05, 3.63) is 63.4 Å². The molecule has 0 bridgehead atoms. The van der Waals surface area contributed by atoms with Crippen LogP contribution in [0, 0.1) is 12.7 Å². The molecular formula is C18H15BrFNO5. The fourth-order valence-corrected chi connectivity index (χ4v) is 2.56. The van der Waals surface area contributed by atoms with Crippen molar-refractivity contribution >= 4 is 39.5 Å². The molecule has 0 fully saturated rings. The summed E-state index contributed by atoms with van der Waals surface area (Å²) >= 11 is 3.06. The van der Waals surface area contributed by atoms with Crippen LogP contribution in [-0.4, -0.2) is 31.6 Å².